The molecule has 2 nitrogen and oxygen atoms in total. The highest BCUT2D eigenvalue weighted by molar-refractivity contribution is 6.30. The smallest absolute Gasteiger partial charge is 0.124 e. The minimum atomic E-state index is 0.436. The second-order valence-electron chi connectivity index (χ2n) is 6.83. The summed E-state index contributed by atoms with van der Waals surface area (Å²) in [6.45, 7) is 3.54. The van der Waals surface area contributed by atoms with Gasteiger partial charge in [-0.15, -0.1) is 0 Å². The van der Waals surface area contributed by atoms with Gasteiger partial charge in [0.2, 0.25) is 0 Å². The van der Waals surface area contributed by atoms with E-state index in [-0.39, 0.29) is 0 Å². The number of benzene rings is 3. The van der Waals surface area contributed by atoms with Crippen molar-refractivity contribution in [3.63, 3.8) is 0 Å². The molecule has 0 aliphatic rings. The fourth-order valence-electron chi connectivity index (χ4n) is 2.99. The molecular formula is C24H26ClNO. The number of halogens is 1. The molecule has 0 unspecified atom stereocenters. The Bertz CT molecular complexity index is 835. The largest absolute Gasteiger partial charge is 0.489 e. The summed E-state index contributed by atoms with van der Waals surface area (Å²) in [5, 5.41) is 4.35. The summed E-state index contributed by atoms with van der Waals surface area (Å²) in [5.74, 6) is 0.917. The van der Waals surface area contributed by atoms with Crippen LogP contribution in [-0.2, 0) is 19.6 Å². The van der Waals surface area contributed by atoms with Crippen molar-refractivity contribution in [1.29, 1.82) is 0 Å². The second kappa shape index (κ2) is 10.1. The van der Waals surface area contributed by atoms with E-state index in [1.807, 2.05) is 36.4 Å². The van der Waals surface area contributed by atoms with E-state index in [1.54, 1.807) is 0 Å². The molecular weight excluding hydrogens is 354 g/mol. The van der Waals surface area contributed by atoms with E-state index >= 15 is 0 Å². The van der Waals surface area contributed by atoms with Crippen LogP contribution in [0.4, 0.5) is 0 Å². The van der Waals surface area contributed by atoms with Gasteiger partial charge >= 0.3 is 0 Å². The minimum Gasteiger partial charge on any atom is -0.489 e. The van der Waals surface area contributed by atoms with Crippen LogP contribution in [0.15, 0.2) is 78.9 Å². The van der Waals surface area contributed by atoms with E-state index in [4.69, 9.17) is 16.3 Å². The van der Waals surface area contributed by atoms with Gasteiger partial charge in [0.15, 0.2) is 0 Å². The number of ether oxygens (including phenoxy) is 1. The van der Waals surface area contributed by atoms with Crippen LogP contribution in [0.2, 0.25) is 5.02 Å². The van der Waals surface area contributed by atoms with Crippen molar-refractivity contribution in [3.05, 3.63) is 101 Å². The molecule has 0 spiro atoms. The Morgan fingerprint density at radius 3 is 2.44 bits per heavy atom. The molecule has 0 radical (unpaired) electrons. The number of hydrogen-bond donors (Lipinski definition) is 1. The predicted molar refractivity (Wildman–Crippen MR) is 113 cm³/mol. The van der Waals surface area contributed by atoms with Crippen LogP contribution < -0.4 is 10.1 Å². The third-order valence-electron chi connectivity index (χ3n) is 4.61. The summed E-state index contributed by atoms with van der Waals surface area (Å²) in [6.07, 6.45) is 2.19. The fourth-order valence-corrected chi connectivity index (χ4v) is 3.21. The lowest BCUT2D eigenvalue weighted by molar-refractivity contribution is 0.301. The van der Waals surface area contributed by atoms with E-state index in [0.29, 0.717) is 12.6 Å². The molecule has 140 valence electrons. The van der Waals surface area contributed by atoms with E-state index in [0.717, 1.165) is 35.7 Å². The van der Waals surface area contributed by atoms with Gasteiger partial charge in [-0.05, 0) is 49.1 Å². The molecule has 0 heterocycles. The average Bonchev–Trinajstić information content (AvgIpc) is 2.70. The van der Waals surface area contributed by atoms with E-state index < -0.39 is 0 Å². The normalized spacial score (nSPS) is 11.9. The highest BCUT2D eigenvalue weighted by Gasteiger charge is 2.07. The first kappa shape index (κ1) is 19.5. The summed E-state index contributed by atoms with van der Waals surface area (Å²) >= 11 is 6.05. The lowest BCUT2D eigenvalue weighted by atomic mass is 10.1. The van der Waals surface area contributed by atoms with Crippen LogP contribution in [0.5, 0.6) is 5.75 Å². The number of nitrogens with one attached hydrogen (secondary N) is 1. The first-order valence-corrected chi connectivity index (χ1v) is 9.81. The Morgan fingerprint density at radius 1 is 0.889 bits per heavy atom. The van der Waals surface area contributed by atoms with Gasteiger partial charge in [0.25, 0.3) is 0 Å². The molecule has 27 heavy (non-hydrogen) atoms. The first-order valence-electron chi connectivity index (χ1n) is 9.43. The quantitative estimate of drug-likeness (QED) is 0.490. The van der Waals surface area contributed by atoms with Crippen molar-refractivity contribution in [2.75, 3.05) is 0 Å². The first-order chi connectivity index (χ1) is 13.2. The van der Waals surface area contributed by atoms with Crippen molar-refractivity contribution in [3.8, 4) is 5.75 Å². The molecule has 3 heteroatoms. The van der Waals surface area contributed by atoms with Gasteiger partial charge in [0.05, 0.1) is 0 Å². The van der Waals surface area contributed by atoms with Crippen LogP contribution in [0.1, 0.15) is 30.0 Å². The Kier molecular flexibility index (Phi) is 7.32. The van der Waals surface area contributed by atoms with Gasteiger partial charge in [-0.2, -0.15) is 0 Å². The molecule has 0 aliphatic carbocycles. The standard InChI is InChI=1S/C24H26ClNO/c1-19(14-15-20-8-3-2-4-9-20)26-17-22-11-5-6-13-24(22)27-18-21-10-7-12-23(25)16-21/h2-13,16,19,26H,14-15,17-18H2,1H3/t19-/m1/s1. The van der Waals surface area contributed by atoms with E-state index in [2.05, 4.69) is 54.7 Å². The van der Waals surface area contributed by atoms with Crippen LogP contribution in [-0.4, -0.2) is 6.04 Å². The summed E-state index contributed by atoms with van der Waals surface area (Å²) in [6, 6.07) is 27.1. The maximum Gasteiger partial charge on any atom is 0.124 e. The van der Waals surface area contributed by atoms with Crippen molar-refractivity contribution >= 4 is 11.6 Å². The van der Waals surface area contributed by atoms with Gasteiger partial charge < -0.3 is 10.1 Å². The van der Waals surface area contributed by atoms with Gasteiger partial charge in [-0.25, -0.2) is 0 Å². The maximum atomic E-state index is 6.05. The van der Waals surface area contributed by atoms with Gasteiger partial charge in [0.1, 0.15) is 12.4 Å². The Labute approximate surface area is 167 Å². The third-order valence-corrected chi connectivity index (χ3v) is 4.84. The van der Waals surface area contributed by atoms with Crippen molar-refractivity contribution in [1.82, 2.24) is 5.32 Å². The molecule has 3 aromatic rings. The summed E-state index contributed by atoms with van der Waals surface area (Å²) < 4.78 is 6.04. The lowest BCUT2D eigenvalue weighted by Crippen LogP contribution is -2.26. The molecule has 0 bridgehead atoms. The van der Waals surface area contributed by atoms with E-state index in [1.165, 1.54) is 11.1 Å². The molecule has 0 saturated heterocycles. The van der Waals surface area contributed by atoms with Crippen molar-refractivity contribution < 1.29 is 4.74 Å². The van der Waals surface area contributed by atoms with Gasteiger partial charge in [0, 0.05) is 23.2 Å². The Balaban J connectivity index is 1.51. The van der Waals surface area contributed by atoms with Crippen LogP contribution in [0.25, 0.3) is 0 Å². The monoisotopic (exact) mass is 379 g/mol. The molecule has 0 aliphatic heterocycles. The minimum absolute atomic E-state index is 0.436. The molecule has 3 aromatic carbocycles. The Hall–Kier alpha value is -2.29. The highest BCUT2D eigenvalue weighted by Crippen LogP contribution is 2.20. The zero-order valence-electron chi connectivity index (χ0n) is 15.7. The molecule has 1 atom stereocenters. The van der Waals surface area contributed by atoms with Crippen LogP contribution in [0.3, 0.4) is 0 Å². The van der Waals surface area contributed by atoms with Gasteiger partial charge in [-0.3, -0.25) is 0 Å². The maximum absolute atomic E-state index is 6.05. The topological polar surface area (TPSA) is 21.3 Å². The molecule has 0 aromatic heterocycles. The van der Waals surface area contributed by atoms with Crippen LogP contribution in [0, 0.1) is 0 Å². The number of aryl methyl sites for hydroxylation is 1. The molecule has 1 N–H and O–H groups in total. The number of rotatable bonds is 9. The molecule has 3 rings (SSSR count). The van der Waals surface area contributed by atoms with Crippen molar-refractivity contribution in [2.24, 2.45) is 0 Å². The number of hydrogen-bond acceptors (Lipinski definition) is 2. The fraction of sp³-hybridized carbons (Fsp3) is 0.250. The highest BCUT2D eigenvalue weighted by atomic mass is 35.5. The molecule has 0 saturated carbocycles. The molecule has 0 amide bonds. The summed E-state index contributed by atoms with van der Waals surface area (Å²) in [4.78, 5) is 0. The van der Waals surface area contributed by atoms with Gasteiger partial charge in [-0.1, -0.05) is 72.3 Å². The number of para-hydroxylation sites is 1. The Morgan fingerprint density at radius 2 is 1.63 bits per heavy atom. The van der Waals surface area contributed by atoms with Crippen LogP contribution >= 0.6 is 11.6 Å². The SMILES string of the molecule is C[C@H](CCc1ccccc1)NCc1ccccc1OCc1cccc(Cl)c1. The summed E-state index contributed by atoms with van der Waals surface area (Å²) in [5.41, 5.74) is 3.63. The lowest BCUT2D eigenvalue weighted by Gasteiger charge is -2.16. The second-order valence-corrected chi connectivity index (χ2v) is 7.27. The third kappa shape index (κ3) is 6.42. The van der Waals surface area contributed by atoms with E-state index in [9.17, 15) is 0 Å². The zero-order chi connectivity index (χ0) is 18.9. The van der Waals surface area contributed by atoms with Crippen molar-refractivity contribution in [2.45, 2.75) is 39.0 Å². The predicted octanol–water partition coefficient (Wildman–Crippen LogP) is 6.03. The molecule has 0 fully saturated rings. The zero-order valence-corrected chi connectivity index (χ0v) is 16.5. The average molecular weight is 380 g/mol. The summed E-state index contributed by atoms with van der Waals surface area (Å²) in [7, 11) is 0.